The summed E-state index contributed by atoms with van der Waals surface area (Å²) in [4.78, 5) is 34.5. The zero-order valence-electron chi connectivity index (χ0n) is 15.4. The number of amides is 2. The molecular weight excluding hydrogens is 416 g/mol. The minimum atomic E-state index is -0.700. The summed E-state index contributed by atoms with van der Waals surface area (Å²) in [6, 6.07) is 13.7. The van der Waals surface area contributed by atoms with Gasteiger partial charge in [0, 0.05) is 0 Å². The van der Waals surface area contributed by atoms with Crippen molar-refractivity contribution in [1.29, 1.82) is 0 Å². The highest BCUT2D eigenvalue weighted by molar-refractivity contribution is 8.18. The SMILES string of the molecule is COC(=O)[C@@H](N)Cc1ccc(Oc2ccc(/C=C3\SC(=O)NC3=O)cc2)cc1.Cl. The van der Waals surface area contributed by atoms with Crippen LogP contribution in [0.2, 0.25) is 0 Å². The molecule has 29 heavy (non-hydrogen) atoms. The fourth-order valence-corrected chi connectivity index (χ4v) is 3.21. The number of carbonyl (C=O) groups is 3. The highest BCUT2D eigenvalue weighted by atomic mass is 35.5. The number of nitrogens with one attached hydrogen (secondary N) is 1. The van der Waals surface area contributed by atoms with Crippen molar-refractivity contribution in [2.24, 2.45) is 5.73 Å². The second-order valence-electron chi connectivity index (χ2n) is 6.00. The van der Waals surface area contributed by atoms with Gasteiger partial charge in [0.2, 0.25) is 0 Å². The van der Waals surface area contributed by atoms with Gasteiger partial charge in [-0.05, 0) is 59.7 Å². The molecule has 1 aliphatic heterocycles. The lowest BCUT2D eigenvalue weighted by molar-refractivity contribution is -0.142. The predicted molar refractivity (Wildman–Crippen MR) is 113 cm³/mol. The molecule has 0 aliphatic carbocycles. The summed E-state index contributed by atoms with van der Waals surface area (Å²) in [5, 5.41) is 1.85. The van der Waals surface area contributed by atoms with E-state index in [1.807, 2.05) is 12.1 Å². The zero-order chi connectivity index (χ0) is 20.1. The van der Waals surface area contributed by atoms with E-state index in [2.05, 4.69) is 10.1 Å². The number of halogens is 1. The van der Waals surface area contributed by atoms with E-state index in [9.17, 15) is 14.4 Å². The molecular formula is C20H19ClN2O5S. The first kappa shape index (κ1) is 22.5. The molecule has 0 aromatic heterocycles. The highest BCUT2D eigenvalue weighted by Crippen LogP contribution is 2.27. The maximum atomic E-state index is 11.6. The molecule has 2 amide bonds. The van der Waals surface area contributed by atoms with Gasteiger partial charge in [-0.25, -0.2) is 0 Å². The Kier molecular flexibility index (Phi) is 7.83. The van der Waals surface area contributed by atoms with E-state index in [1.54, 1.807) is 42.5 Å². The molecule has 3 rings (SSSR count). The van der Waals surface area contributed by atoms with Crippen molar-refractivity contribution in [3.8, 4) is 11.5 Å². The van der Waals surface area contributed by atoms with Crippen molar-refractivity contribution in [3.05, 3.63) is 64.6 Å². The quantitative estimate of drug-likeness (QED) is 0.530. The lowest BCUT2D eigenvalue weighted by atomic mass is 10.1. The monoisotopic (exact) mass is 434 g/mol. The summed E-state index contributed by atoms with van der Waals surface area (Å²) < 4.78 is 10.4. The Balaban J connectivity index is 0.00000300. The normalized spacial score (nSPS) is 15.4. The van der Waals surface area contributed by atoms with E-state index < -0.39 is 12.0 Å². The van der Waals surface area contributed by atoms with Crippen LogP contribution in [0.3, 0.4) is 0 Å². The van der Waals surface area contributed by atoms with Gasteiger partial charge in [-0.2, -0.15) is 0 Å². The lowest BCUT2D eigenvalue weighted by Crippen LogP contribution is -2.33. The largest absolute Gasteiger partial charge is 0.468 e. The fraction of sp³-hybridized carbons (Fsp3) is 0.150. The number of carbonyl (C=O) groups excluding carboxylic acids is 3. The van der Waals surface area contributed by atoms with Crippen LogP contribution >= 0.6 is 24.2 Å². The Labute approximate surface area is 178 Å². The first-order valence-electron chi connectivity index (χ1n) is 8.40. The van der Waals surface area contributed by atoms with Crippen LogP contribution in [0.5, 0.6) is 11.5 Å². The molecule has 1 saturated heterocycles. The Morgan fingerprint density at radius 3 is 2.21 bits per heavy atom. The number of nitrogens with two attached hydrogens (primary N) is 1. The molecule has 2 aromatic carbocycles. The van der Waals surface area contributed by atoms with Gasteiger partial charge in [-0.3, -0.25) is 19.7 Å². The smallest absolute Gasteiger partial charge is 0.322 e. The van der Waals surface area contributed by atoms with Gasteiger partial charge in [0.1, 0.15) is 17.5 Å². The zero-order valence-corrected chi connectivity index (χ0v) is 17.0. The van der Waals surface area contributed by atoms with Gasteiger partial charge in [-0.15, -0.1) is 12.4 Å². The van der Waals surface area contributed by atoms with Gasteiger partial charge in [0.05, 0.1) is 12.0 Å². The number of thioether (sulfide) groups is 1. The number of hydrogen-bond acceptors (Lipinski definition) is 7. The molecule has 1 aliphatic rings. The molecule has 0 bridgehead atoms. The Morgan fingerprint density at radius 2 is 1.69 bits per heavy atom. The molecule has 9 heteroatoms. The number of ether oxygens (including phenoxy) is 2. The average molecular weight is 435 g/mol. The van der Waals surface area contributed by atoms with Crippen LogP contribution in [-0.4, -0.2) is 30.3 Å². The average Bonchev–Trinajstić information content (AvgIpc) is 3.01. The van der Waals surface area contributed by atoms with E-state index in [0.717, 1.165) is 22.9 Å². The molecule has 0 unspecified atom stereocenters. The highest BCUT2D eigenvalue weighted by Gasteiger charge is 2.24. The predicted octanol–water partition coefficient (Wildman–Crippen LogP) is 3.27. The molecule has 0 saturated carbocycles. The molecule has 1 heterocycles. The third-order valence-electron chi connectivity index (χ3n) is 3.94. The van der Waals surface area contributed by atoms with Crippen molar-refractivity contribution in [1.82, 2.24) is 5.32 Å². The minimum absolute atomic E-state index is 0. The topological polar surface area (TPSA) is 108 Å². The number of methoxy groups -OCH3 is 1. The summed E-state index contributed by atoms with van der Waals surface area (Å²) in [5.74, 6) is 0.425. The van der Waals surface area contributed by atoms with Gasteiger partial charge in [0.25, 0.3) is 11.1 Å². The van der Waals surface area contributed by atoms with Gasteiger partial charge in [0.15, 0.2) is 0 Å². The molecule has 152 valence electrons. The van der Waals surface area contributed by atoms with E-state index in [0.29, 0.717) is 22.8 Å². The minimum Gasteiger partial charge on any atom is -0.468 e. The number of rotatable bonds is 6. The van der Waals surface area contributed by atoms with E-state index >= 15 is 0 Å². The van der Waals surface area contributed by atoms with E-state index in [1.165, 1.54) is 7.11 Å². The summed E-state index contributed by atoms with van der Waals surface area (Å²) >= 11 is 0.876. The Morgan fingerprint density at radius 1 is 1.10 bits per heavy atom. The lowest BCUT2D eigenvalue weighted by Gasteiger charge is -2.10. The molecule has 7 nitrogen and oxygen atoms in total. The summed E-state index contributed by atoms with van der Waals surface area (Å²) in [7, 11) is 1.31. The van der Waals surface area contributed by atoms with Crippen molar-refractivity contribution >= 4 is 47.4 Å². The van der Waals surface area contributed by atoms with Crippen LogP contribution in [0.25, 0.3) is 6.08 Å². The van der Waals surface area contributed by atoms with Crippen LogP contribution in [0.15, 0.2) is 53.4 Å². The van der Waals surface area contributed by atoms with Gasteiger partial charge >= 0.3 is 5.97 Å². The standard InChI is InChI=1S/C20H18N2O5S.ClH/c1-26-19(24)16(21)10-12-2-6-14(7-3-12)27-15-8-4-13(5-9-15)11-17-18(23)22-20(25)28-17;/h2-9,11,16H,10,21H2,1H3,(H,22,23,25);1H/b17-11-;/t16-;/m0./s1. The van der Waals surface area contributed by atoms with Crippen LogP contribution < -0.4 is 15.8 Å². The number of hydrogen-bond donors (Lipinski definition) is 2. The second kappa shape index (κ2) is 10.1. The summed E-state index contributed by atoms with van der Waals surface area (Å²) in [5.41, 5.74) is 7.44. The molecule has 2 aromatic rings. The number of esters is 1. The molecule has 0 radical (unpaired) electrons. The summed E-state index contributed by atoms with van der Waals surface area (Å²) in [6.45, 7) is 0. The van der Waals surface area contributed by atoms with Gasteiger partial charge < -0.3 is 15.2 Å². The van der Waals surface area contributed by atoms with Crippen molar-refractivity contribution in [3.63, 3.8) is 0 Å². The third kappa shape index (κ3) is 6.08. The maximum Gasteiger partial charge on any atom is 0.322 e. The van der Waals surface area contributed by atoms with Crippen LogP contribution in [0, 0.1) is 0 Å². The van der Waals surface area contributed by atoms with E-state index in [-0.39, 0.29) is 23.6 Å². The summed E-state index contributed by atoms with van der Waals surface area (Å²) in [6.07, 6.45) is 2.03. The number of imide groups is 1. The molecule has 0 spiro atoms. The molecule has 1 fully saturated rings. The van der Waals surface area contributed by atoms with Crippen molar-refractivity contribution in [2.75, 3.05) is 7.11 Å². The van der Waals surface area contributed by atoms with Crippen molar-refractivity contribution < 1.29 is 23.9 Å². The molecule has 3 N–H and O–H groups in total. The third-order valence-corrected chi connectivity index (χ3v) is 4.75. The second-order valence-corrected chi connectivity index (χ2v) is 7.02. The number of benzene rings is 2. The first-order chi connectivity index (χ1) is 13.4. The van der Waals surface area contributed by atoms with Crippen LogP contribution in [0.1, 0.15) is 11.1 Å². The fourth-order valence-electron chi connectivity index (χ4n) is 2.52. The first-order valence-corrected chi connectivity index (χ1v) is 9.21. The van der Waals surface area contributed by atoms with Crippen molar-refractivity contribution in [2.45, 2.75) is 12.5 Å². The van der Waals surface area contributed by atoms with Crippen LogP contribution in [-0.2, 0) is 20.7 Å². The molecule has 1 atom stereocenters. The van der Waals surface area contributed by atoms with Crippen LogP contribution in [0.4, 0.5) is 4.79 Å². The van der Waals surface area contributed by atoms with Gasteiger partial charge in [-0.1, -0.05) is 24.3 Å². The Hall–Kier alpha value is -2.81. The Bertz CT molecular complexity index is 929. The maximum absolute atomic E-state index is 11.6. The van der Waals surface area contributed by atoms with E-state index in [4.69, 9.17) is 10.5 Å².